The van der Waals surface area contributed by atoms with Crippen molar-refractivity contribution >= 4 is 11.8 Å². The molecule has 0 saturated carbocycles. The first-order valence-corrected chi connectivity index (χ1v) is 6.05. The van der Waals surface area contributed by atoms with Gasteiger partial charge in [-0.25, -0.2) is 0 Å². The lowest BCUT2D eigenvalue weighted by Gasteiger charge is -2.09. The monoisotopic (exact) mass is 243 g/mol. The van der Waals surface area contributed by atoms with E-state index >= 15 is 0 Å². The molecule has 0 bridgehead atoms. The van der Waals surface area contributed by atoms with Gasteiger partial charge in [-0.2, -0.15) is 13.2 Å². The van der Waals surface area contributed by atoms with Crippen LogP contribution in [0.3, 0.4) is 0 Å². The van der Waals surface area contributed by atoms with E-state index in [-0.39, 0.29) is 24.1 Å². The molecule has 0 aliphatic carbocycles. The molecule has 0 amide bonds. The van der Waals surface area contributed by atoms with Crippen LogP contribution in [0, 0.1) is 5.92 Å². The summed E-state index contributed by atoms with van der Waals surface area (Å²) >= 11 is -0.0211. The minimum absolute atomic E-state index is 0.00752. The van der Waals surface area contributed by atoms with Gasteiger partial charge in [0.2, 0.25) is 0 Å². The van der Waals surface area contributed by atoms with Crippen LogP contribution in [0.4, 0.5) is 13.2 Å². The Morgan fingerprint density at radius 3 is 2.73 bits per heavy atom. The Hall–Kier alpha value is 0.0600. The van der Waals surface area contributed by atoms with Gasteiger partial charge >= 0.3 is 5.51 Å². The van der Waals surface area contributed by atoms with Crippen molar-refractivity contribution in [3.8, 4) is 0 Å². The second kappa shape index (κ2) is 6.60. The van der Waals surface area contributed by atoms with Crippen LogP contribution in [0.2, 0.25) is 0 Å². The van der Waals surface area contributed by atoms with Crippen molar-refractivity contribution in [2.24, 2.45) is 5.92 Å². The first kappa shape index (κ1) is 13.1. The highest BCUT2D eigenvalue weighted by molar-refractivity contribution is 8.00. The first-order chi connectivity index (χ1) is 7.08. The van der Waals surface area contributed by atoms with Gasteiger partial charge in [0.05, 0.1) is 6.61 Å². The standard InChI is InChI=1S/C9H16F3NOS/c10-9(11,12)15-6-5-14-4-2-8-1-3-13-7-8/h8,13H,1-7H2. The molecule has 6 heteroatoms. The van der Waals surface area contributed by atoms with Crippen LogP contribution in [-0.2, 0) is 4.74 Å². The van der Waals surface area contributed by atoms with E-state index in [1.807, 2.05) is 0 Å². The molecule has 1 aliphatic heterocycles. The molecule has 0 aromatic carbocycles. The molecule has 15 heavy (non-hydrogen) atoms. The molecule has 0 aromatic rings. The van der Waals surface area contributed by atoms with E-state index in [4.69, 9.17) is 4.74 Å². The quantitative estimate of drug-likeness (QED) is 0.723. The molecule has 0 radical (unpaired) electrons. The van der Waals surface area contributed by atoms with E-state index < -0.39 is 5.51 Å². The highest BCUT2D eigenvalue weighted by Crippen LogP contribution is 2.29. The molecule has 1 rings (SSSR count). The van der Waals surface area contributed by atoms with E-state index in [0.29, 0.717) is 12.5 Å². The van der Waals surface area contributed by atoms with E-state index in [2.05, 4.69) is 5.32 Å². The minimum Gasteiger partial charge on any atom is -0.381 e. The smallest absolute Gasteiger partial charge is 0.381 e. The number of nitrogens with one attached hydrogen (secondary N) is 1. The van der Waals surface area contributed by atoms with Gasteiger partial charge in [0.1, 0.15) is 0 Å². The zero-order valence-corrected chi connectivity index (χ0v) is 9.29. The summed E-state index contributed by atoms with van der Waals surface area (Å²) in [7, 11) is 0. The Labute approximate surface area is 91.9 Å². The number of halogens is 3. The lowest BCUT2D eigenvalue weighted by Crippen LogP contribution is -2.12. The predicted octanol–water partition coefficient (Wildman–Crippen LogP) is 2.26. The van der Waals surface area contributed by atoms with Crippen molar-refractivity contribution in [1.82, 2.24) is 5.32 Å². The number of ether oxygens (including phenoxy) is 1. The third-order valence-electron chi connectivity index (χ3n) is 2.33. The summed E-state index contributed by atoms with van der Waals surface area (Å²) in [5.41, 5.74) is -4.13. The van der Waals surface area contributed by atoms with Gasteiger partial charge in [-0.05, 0) is 43.6 Å². The van der Waals surface area contributed by atoms with Crippen LogP contribution < -0.4 is 5.32 Å². The van der Waals surface area contributed by atoms with Gasteiger partial charge < -0.3 is 10.1 Å². The van der Waals surface area contributed by atoms with E-state index in [9.17, 15) is 13.2 Å². The SMILES string of the molecule is FC(F)(F)SCCOCCC1CCNC1. The van der Waals surface area contributed by atoms with Gasteiger partial charge in [0.15, 0.2) is 0 Å². The Kier molecular flexibility index (Phi) is 5.78. The largest absolute Gasteiger partial charge is 0.441 e. The molecular weight excluding hydrogens is 227 g/mol. The van der Waals surface area contributed by atoms with E-state index in [0.717, 1.165) is 25.9 Å². The highest BCUT2D eigenvalue weighted by atomic mass is 32.2. The summed E-state index contributed by atoms with van der Waals surface area (Å²) in [5.74, 6) is 0.632. The Morgan fingerprint density at radius 1 is 1.33 bits per heavy atom. The molecule has 1 atom stereocenters. The maximum atomic E-state index is 11.7. The molecule has 1 aliphatic rings. The molecule has 1 N–H and O–H groups in total. The highest BCUT2D eigenvalue weighted by Gasteiger charge is 2.27. The summed E-state index contributed by atoms with van der Waals surface area (Å²) in [6.07, 6.45) is 2.10. The number of hydrogen-bond acceptors (Lipinski definition) is 3. The minimum atomic E-state index is -4.13. The van der Waals surface area contributed by atoms with Gasteiger partial charge in [-0.1, -0.05) is 0 Å². The van der Waals surface area contributed by atoms with Crippen LogP contribution in [0.5, 0.6) is 0 Å². The van der Waals surface area contributed by atoms with Crippen molar-refractivity contribution in [2.75, 3.05) is 32.1 Å². The predicted molar refractivity (Wildman–Crippen MR) is 54.9 cm³/mol. The molecule has 2 nitrogen and oxygen atoms in total. The Balaban J connectivity index is 1.84. The van der Waals surface area contributed by atoms with Gasteiger partial charge in [0.25, 0.3) is 0 Å². The zero-order valence-electron chi connectivity index (χ0n) is 8.48. The topological polar surface area (TPSA) is 21.3 Å². The first-order valence-electron chi connectivity index (χ1n) is 5.07. The molecule has 1 fully saturated rings. The van der Waals surface area contributed by atoms with Crippen LogP contribution in [-0.4, -0.2) is 37.6 Å². The van der Waals surface area contributed by atoms with Crippen molar-refractivity contribution in [2.45, 2.75) is 18.3 Å². The number of alkyl halides is 3. The Morgan fingerprint density at radius 2 is 2.13 bits per heavy atom. The van der Waals surface area contributed by atoms with E-state index in [1.165, 1.54) is 0 Å². The number of hydrogen-bond donors (Lipinski definition) is 1. The van der Waals surface area contributed by atoms with Crippen LogP contribution in [0.15, 0.2) is 0 Å². The maximum absolute atomic E-state index is 11.7. The third kappa shape index (κ3) is 7.03. The summed E-state index contributed by atoms with van der Waals surface area (Å²) < 4.78 is 40.3. The lowest BCUT2D eigenvalue weighted by atomic mass is 10.1. The molecular formula is C9H16F3NOS. The Bertz CT molecular complexity index is 171. The van der Waals surface area contributed by atoms with Gasteiger partial charge in [0, 0.05) is 12.4 Å². The summed E-state index contributed by atoms with van der Waals surface area (Å²) in [5, 5.41) is 3.24. The number of thioether (sulfide) groups is 1. The summed E-state index contributed by atoms with van der Waals surface area (Å²) in [6.45, 7) is 2.82. The van der Waals surface area contributed by atoms with Crippen LogP contribution in [0.1, 0.15) is 12.8 Å². The molecule has 90 valence electrons. The lowest BCUT2D eigenvalue weighted by molar-refractivity contribution is -0.0331. The second-order valence-corrected chi connectivity index (χ2v) is 4.71. The van der Waals surface area contributed by atoms with Crippen molar-refractivity contribution in [3.05, 3.63) is 0 Å². The van der Waals surface area contributed by atoms with Gasteiger partial charge in [-0.3, -0.25) is 0 Å². The maximum Gasteiger partial charge on any atom is 0.441 e. The average molecular weight is 243 g/mol. The fraction of sp³-hybridized carbons (Fsp3) is 1.00. The fourth-order valence-corrected chi connectivity index (χ4v) is 1.96. The fourth-order valence-electron chi connectivity index (χ4n) is 1.53. The molecule has 1 unspecified atom stereocenters. The van der Waals surface area contributed by atoms with E-state index in [1.54, 1.807) is 0 Å². The zero-order chi connectivity index (χ0) is 11.1. The summed E-state index contributed by atoms with van der Waals surface area (Å²) in [6, 6.07) is 0. The van der Waals surface area contributed by atoms with Crippen molar-refractivity contribution in [3.63, 3.8) is 0 Å². The summed E-state index contributed by atoms with van der Waals surface area (Å²) in [4.78, 5) is 0. The van der Waals surface area contributed by atoms with Crippen molar-refractivity contribution < 1.29 is 17.9 Å². The second-order valence-electron chi connectivity index (χ2n) is 3.55. The average Bonchev–Trinajstić information content (AvgIpc) is 2.61. The van der Waals surface area contributed by atoms with Gasteiger partial charge in [-0.15, -0.1) is 0 Å². The van der Waals surface area contributed by atoms with Crippen molar-refractivity contribution in [1.29, 1.82) is 0 Å². The molecule has 1 saturated heterocycles. The van der Waals surface area contributed by atoms with Crippen LogP contribution in [0.25, 0.3) is 0 Å². The number of rotatable bonds is 6. The molecule has 0 spiro atoms. The molecule has 0 aromatic heterocycles. The molecule has 1 heterocycles. The van der Waals surface area contributed by atoms with Crippen LogP contribution >= 0.6 is 11.8 Å². The normalized spacial score (nSPS) is 22.2. The third-order valence-corrected chi connectivity index (χ3v) is 3.02.